The largest absolute Gasteiger partial charge is 0.481 e. The minimum absolute atomic E-state index is 0.134. The Morgan fingerprint density at radius 3 is 2.69 bits per heavy atom. The van der Waals surface area contributed by atoms with Crippen LogP contribution in [0.3, 0.4) is 0 Å². The number of benzene rings is 2. The van der Waals surface area contributed by atoms with Crippen molar-refractivity contribution in [2.75, 3.05) is 13.2 Å². The van der Waals surface area contributed by atoms with Crippen LogP contribution in [0.2, 0.25) is 0 Å². The van der Waals surface area contributed by atoms with E-state index in [1.165, 1.54) is 12.1 Å². The Morgan fingerprint density at radius 2 is 1.94 bits per heavy atom. The van der Waals surface area contributed by atoms with Crippen LogP contribution in [0.25, 0.3) is 0 Å². The highest BCUT2D eigenvalue weighted by Gasteiger charge is 2.59. The van der Waals surface area contributed by atoms with Gasteiger partial charge in [0, 0.05) is 17.8 Å². The fraction of sp³-hybridized carbons (Fsp3) is 0.444. The van der Waals surface area contributed by atoms with E-state index in [4.69, 9.17) is 14.6 Å². The first-order valence-corrected chi connectivity index (χ1v) is 11.4. The molecule has 0 spiro atoms. The molecule has 1 aliphatic carbocycles. The van der Waals surface area contributed by atoms with E-state index in [1.807, 2.05) is 30.3 Å². The topological polar surface area (TPSA) is 55.8 Å². The van der Waals surface area contributed by atoms with Crippen molar-refractivity contribution in [2.24, 2.45) is 11.8 Å². The summed E-state index contributed by atoms with van der Waals surface area (Å²) in [6.45, 7) is 1.85. The zero-order chi connectivity index (χ0) is 22.4. The Morgan fingerprint density at radius 1 is 1.16 bits per heavy atom. The standard InChI is InChI=1S/C27H31FO4/c28-22-14-12-21(13-15-22)27-16-25(32-19-27)23(18-31-17-20-8-4-3-5-9-20)24(27)10-6-1-2-7-11-26(29)30/h1,3-6,8-9,12-15,23-25H,2,7,10-11,16-19H2,(H,29,30)/b6-1-/t23-,24-,25-,27-/m1/s1. The maximum Gasteiger partial charge on any atom is 0.303 e. The third-order valence-corrected chi connectivity index (χ3v) is 6.98. The molecule has 4 nitrogen and oxygen atoms in total. The summed E-state index contributed by atoms with van der Waals surface area (Å²) in [6, 6.07) is 17.0. The number of allylic oxidation sites excluding steroid dienone is 2. The van der Waals surface area contributed by atoms with E-state index in [0.717, 1.165) is 30.4 Å². The second kappa shape index (κ2) is 10.4. The van der Waals surface area contributed by atoms with Crippen molar-refractivity contribution in [3.8, 4) is 0 Å². The van der Waals surface area contributed by atoms with Crippen molar-refractivity contribution in [3.05, 3.63) is 83.7 Å². The molecule has 170 valence electrons. The van der Waals surface area contributed by atoms with Gasteiger partial charge < -0.3 is 14.6 Å². The monoisotopic (exact) mass is 438 g/mol. The normalized spacial score (nSPS) is 26.7. The Bertz CT molecular complexity index is 911. The van der Waals surface area contributed by atoms with Gasteiger partial charge in [0.05, 0.1) is 25.9 Å². The zero-order valence-electron chi connectivity index (χ0n) is 18.3. The van der Waals surface area contributed by atoms with Crippen LogP contribution in [0, 0.1) is 17.7 Å². The number of ether oxygens (including phenoxy) is 2. The lowest BCUT2D eigenvalue weighted by Gasteiger charge is -2.39. The lowest BCUT2D eigenvalue weighted by atomic mass is 9.69. The van der Waals surface area contributed by atoms with Gasteiger partial charge in [-0.1, -0.05) is 54.6 Å². The van der Waals surface area contributed by atoms with Gasteiger partial charge in [-0.2, -0.15) is 0 Å². The molecule has 1 saturated heterocycles. The quantitative estimate of drug-likeness (QED) is 0.371. The Hall–Kier alpha value is -2.50. The van der Waals surface area contributed by atoms with Gasteiger partial charge >= 0.3 is 5.97 Å². The van der Waals surface area contributed by atoms with Crippen molar-refractivity contribution in [2.45, 2.75) is 50.2 Å². The summed E-state index contributed by atoms with van der Waals surface area (Å²) < 4.78 is 25.9. The summed E-state index contributed by atoms with van der Waals surface area (Å²) in [5, 5.41) is 8.81. The lowest BCUT2D eigenvalue weighted by Crippen LogP contribution is -2.41. The molecule has 2 fully saturated rings. The van der Waals surface area contributed by atoms with E-state index in [0.29, 0.717) is 32.2 Å². The second-order valence-electron chi connectivity index (χ2n) is 8.98. The fourth-order valence-electron chi connectivity index (χ4n) is 5.37. The van der Waals surface area contributed by atoms with E-state index < -0.39 is 5.97 Å². The van der Waals surface area contributed by atoms with Crippen molar-refractivity contribution in [1.82, 2.24) is 0 Å². The van der Waals surface area contributed by atoms with Crippen LogP contribution in [-0.2, 0) is 26.3 Å². The Labute approximate surface area is 189 Å². The summed E-state index contributed by atoms with van der Waals surface area (Å²) in [7, 11) is 0. The molecule has 1 N–H and O–H groups in total. The van der Waals surface area contributed by atoms with Crippen molar-refractivity contribution in [3.63, 3.8) is 0 Å². The SMILES string of the molecule is O=C(O)CCC/C=C\C[C@@H]1[C@@H](COCc2ccccc2)[C@H]2C[C@]1(c1ccc(F)cc1)CO2. The molecular weight excluding hydrogens is 407 g/mol. The molecule has 32 heavy (non-hydrogen) atoms. The minimum atomic E-state index is -0.755. The zero-order valence-corrected chi connectivity index (χ0v) is 18.3. The third kappa shape index (κ3) is 5.11. The van der Waals surface area contributed by atoms with E-state index in [1.54, 1.807) is 0 Å². The number of rotatable bonds is 11. The van der Waals surface area contributed by atoms with Crippen LogP contribution < -0.4 is 0 Å². The van der Waals surface area contributed by atoms with Crippen molar-refractivity contribution < 1.29 is 23.8 Å². The first kappa shape index (κ1) is 22.7. The summed E-state index contributed by atoms with van der Waals surface area (Å²) in [4.78, 5) is 10.7. The summed E-state index contributed by atoms with van der Waals surface area (Å²) >= 11 is 0. The number of hydrogen-bond acceptors (Lipinski definition) is 3. The molecule has 2 aliphatic rings. The van der Waals surface area contributed by atoms with Gasteiger partial charge in [-0.25, -0.2) is 4.39 Å². The molecule has 1 aliphatic heterocycles. The number of unbranched alkanes of at least 4 members (excludes halogenated alkanes) is 1. The molecule has 1 saturated carbocycles. The lowest BCUT2D eigenvalue weighted by molar-refractivity contribution is -0.137. The number of fused-ring (bicyclic) bond motifs is 2. The fourth-order valence-corrected chi connectivity index (χ4v) is 5.37. The summed E-state index contributed by atoms with van der Waals surface area (Å²) in [5.41, 5.74) is 2.15. The van der Waals surface area contributed by atoms with Crippen LogP contribution in [-0.4, -0.2) is 30.4 Å². The Kier molecular flexibility index (Phi) is 7.38. The molecule has 0 aromatic heterocycles. The molecule has 2 aromatic rings. The highest BCUT2D eigenvalue weighted by molar-refractivity contribution is 5.66. The van der Waals surface area contributed by atoms with Gasteiger partial charge in [0.25, 0.3) is 0 Å². The highest BCUT2D eigenvalue weighted by atomic mass is 19.1. The average Bonchev–Trinajstić information content (AvgIpc) is 3.35. The van der Waals surface area contributed by atoms with Crippen LogP contribution in [0.5, 0.6) is 0 Å². The van der Waals surface area contributed by atoms with Gasteiger partial charge in [0.1, 0.15) is 5.82 Å². The van der Waals surface area contributed by atoms with E-state index in [-0.39, 0.29) is 29.7 Å². The number of hydrogen-bond donors (Lipinski definition) is 1. The van der Waals surface area contributed by atoms with Gasteiger partial charge in [-0.3, -0.25) is 4.79 Å². The first-order valence-electron chi connectivity index (χ1n) is 11.4. The number of carboxylic acid groups (broad SMARTS) is 1. The van der Waals surface area contributed by atoms with Crippen LogP contribution >= 0.6 is 0 Å². The van der Waals surface area contributed by atoms with Crippen LogP contribution in [0.4, 0.5) is 4.39 Å². The maximum atomic E-state index is 13.6. The smallest absolute Gasteiger partial charge is 0.303 e. The third-order valence-electron chi connectivity index (χ3n) is 6.98. The van der Waals surface area contributed by atoms with Crippen molar-refractivity contribution >= 4 is 5.97 Å². The van der Waals surface area contributed by atoms with Crippen molar-refractivity contribution in [1.29, 1.82) is 0 Å². The van der Waals surface area contributed by atoms with Gasteiger partial charge in [-0.15, -0.1) is 0 Å². The van der Waals surface area contributed by atoms with E-state index in [9.17, 15) is 9.18 Å². The molecular formula is C27H31FO4. The second-order valence-corrected chi connectivity index (χ2v) is 8.98. The molecule has 2 aromatic carbocycles. The Balaban J connectivity index is 1.46. The number of halogens is 1. The molecule has 4 rings (SSSR count). The molecule has 4 atom stereocenters. The van der Waals surface area contributed by atoms with Gasteiger partial charge in [0.15, 0.2) is 0 Å². The number of carbonyl (C=O) groups is 1. The average molecular weight is 439 g/mol. The van der Waals surface area contributed by atoms with Crippen LogP contribution in [0.15, 0.2) is 66.7 Å². The molecule has 0 amide bonds. The number of carboxylic acids is 1. The van der Waals surface area contributed by atoms with Gasteiger partial charge in [-0.05, 0) is 54.9 Å². The maximum absolute atomic E-state index is 13.6. The van der Waals surface area contributed by atoms with Gasteiger partial charge in [0.2, 0.25) is 0 Å². The predicted octanol–water partition coefficient (Wildman–Crippen LogP) is 5.52. The summed E-state index contributed by atoms with van der Waals surface area (Å²) in [5.74, 6) is -0.384. The molecule has 2 bridgehead atoms. The minimum Gasteiger partial charge on any atom is -0.481 e. The number of aliphatic carboxylic acids is 1. The molecule has 0 unspecified atom stereocenters. The van der Waals surface area contributed by atoms with E-state index in [2.05, 4.69) is 24.3 Å². The molecule has 0 radical (unpaired) electrons. The van der Waals surface area contributed by atoms with Crippen LogP contribution in [0.1, 0.15) is 43.2 Å². The highest BCUT2D eigenvalue weighted by Crippen LogP contribution is 2.56. The first-order chi connectivity index (χ1) is 15.6. The van der Waals surface area contributed by atoms with E-state index >= 15 is 0 Å². The predicted molar refractivity (Wildman–Crippen MR) is 121 cm³/mol. The molecule has 1 heterocycles. The summed E-state index contributed by atoms with van der Waals surface area (Å²) in [6.07, 6.45) is 7.82. The molecule has 5 heteroatoms.